The van der Waals surface area contributed by atoms with Crippen LogP contribution in [0.25, 0.3) is 5.65 Å². The Kier molecular flexibility index (Phi) is 2.57. The number of carbonyl (C=O) groups is 1. The molecule has 2 aromatic heterocycles. The molecule has 0 saturated carbocycles. The maximum absolute atomic E-state index is 12.4. The number of hydrogen-bond donors (Lipinski definition) is 2. The average Bonchev–Trinajstić information content (AvgIpc) is 3.14. The quantitative estimate of drug-likeness (QED) is 0.873. The van der Waals surface area contributed by atoms with Gasteiger partial charge in [-0.2, -0.15) is 0 Å². The highest BCUT2D eigenvalue weighted by atomic mass is 16.2. The smallest absolute Gasteiger partial charge is 0.230 e. The fraction of sp³-hybridized carbons (Fsp3) is 0.467. The van der Waals surface area contributed by atoms with E-state index in [-0.39, 0.29) is 11.8 Å². The molecule has 0 radical (unpaired) electrons. The van der Waals surface area contributed by atoms with Crippen LogP contribution in [-0.4, -0.2) is 27.4 Å². The minimum atomic E-state index is 0.101. The van der Waals surface area contributed by atoms with Gasteiger partial charge in [0.25, 0.3) is 0 Å². The summed E-state index contributed by atoms with van der Waals surface area (Å²) in [5.41, 5.74) is 2.00. The molecule has 1 amide bonds. The number of fused-ring (bicyclic) bond motifs is 3. The van der Waals surface area contributed by atoms with E-state index in [1.54, 1.807) is 6.20 Å². The Morgan fingerprint density at radius 2 is 2.40 bits per heavy atom. The van der Waals surface area contributed by atoms with Crippen LogP contribution in [-0.2, 0) is 4.79 Å². The van der Waals surface area contributed by atoms with Crippen molar-refractivity contribution in [3.05, 3.63) is 30.1 Å². The van der Waals surface area contributed by atoms with E-state index in [9.17, 15) is 4.79 Å². The molecule has 3 atom stereocenters. The number of amides is 1. The number of nitrogens with zero attached hydrogens (tertiary/aromatic N) is 2. The van der Waals surface area contributed by atoms with Crippen molar-refractivity contribution in [1.82, 2.24) is 14.7 Å². The lowest BCUT2D eigenvalue weighted by Crippen LogP contribution is -2.33. The normalized spacial score (nSPS) is 28.1. The van der Waals surface area contributed by atoms with Gasteiger partial charge in [0, 0.05) is 18.3 Å². The molecule has 2 saturated heterocycles. The van der Waals surface area contributed by atoms with Gasteiger partial charge in [-0.05, 0) is 37.8 Å². The molecule has 2 aliphatic heterocycles. The summed E-state index contributed by atoms with van der Waals surface area (Å²) in [6, 6.07) is 4.90. The Morgan fingerprint density at radius 1 is 1.50 bits per heavy atom. The van der Waals surface area contributed by atoms with Crippen LogP contribution in [0, 0.1) is 12.8 Å². The number of nitrogens with one attached hydrogen (secondary N) is 2. The summed E-state index contributed by atoms with van der Waals surface area (Å²) < 4.78 is 1.94. The summed E-state index contributed by atoms with van der Waals surface area (Å²) in [6.45, 7) is 2.02. The predicted octanol–water partition coefficient (Wildman–Crippen LogP) is 1.72. The average molecular weight is 270 g/mol. The molecule has 4 heterocycles. The van der Waals surface area contributed by atoms with Crippen molar-refractivity contribution in [2.45, 2.75) is 38.3 Å². The lowest BCUT2D eigenvalue weighted by Gasteiger charge is -2.19. The molecule has 20 heavy (non-hydrogen) atoms. The van der Waals surface area contributed by atoms with Gasteiger partial charge in [-0.3, -0.25) is 9.20 Å². The molecule has 2 bridgehead atoms. The Balaban J connectivity index is 1.58. The van der Waals surface area contributed by atoms with Crippen LogP contribution in [0.5, 0.6) is 0 Å². The molecule has 0 spiro atoms. The van der Waals surface area contributed by atoms with Gasteiger partial charge >= 0.3 is 0 Å². The monoisotopic (exact) mass is 270 g/mol. The standard InChI is InChI=1S/C15H18N4O/c1-9-3-2-6-19-13(8-16-14(9)19)18-15(20)11-7-10-4-5-12(11)17-10/h2-3,6,8,10-12,17H,4-5,7H2,1H3,(H,18,20)/t10-,11+,12+/m0/s1. The molecular weight excluding hydrogens is 252 g/mol. The van der Waals surface area contributed by atoms with Gasteiger partial charge in [-0.25, -0.2) is 4.98 Å². The van der Waals surface area contributed by atoms with Gasteiger partial charge in [-0.15, -0.1) is 0 Å². The number of anilines is 1. The number of pyridine rings is 1. The molecule has 0 unspecified atom stereocenters. The second-order valence-corrected chi connectivity index (χ2v) is 5.91. The highest BCUT2D eigenvalue weighted by molar-refractivity contribution is 5.93. The lowest BCUT2D eigenvalue weighted by atomic mass is 9.88. The minimum absolute atomic E-state index is 0.101. The zero-order valence-electron chi connectivity index (χ0n) is 11.5. The Hall–Kier alpha value is -1.88. The minimum Gasteiger partial charge on any atom is -0.310 e. The summed E-state index contributed by atoms with van der Waals surface area (Å²) in [4.78, 5) is 16.8. The second-order valence-electron chi connectivity index (χ2n) is 5.91. The summed E-state index contributed by atoms with van der Waals surface area (Å²) in [6.07, 6.45) is 6.97. The van der Waals surface area contributed by atoms with Gasteiger partial charge in [-0.1, -0.05) is 6.07 Å². The Bertz CT molecular complexity index is 678. The molecule has 0 aromatic carbocycles. The number of rotatable bonds is 2. The zero-order valence-corrected chi connectivity index (χ0v) is 11.5. The highest BCUT2D eigenvalue weighted by Gasteiger charge is 2.42. The lowest BCUT2D eigenvalue weighted by molar-refractivity contribution is -0.120. The first-order valence-electron chi connectivity index (χ1n) is 7.22. The molecular formula is C15H18N4O. The van der Waals surface area contributed by atoms with E-state index in [0.29, 0.717) is 12.1 Å². The van der Waals surface area contributed by atoms with Crippen LogP contribution in [0.1, 0.15) is 24.8 Å². The van der Waals surface area contributed by atoms with E-state index in [4.69, 9.17) is 0 Å². The third-order valence-corrected chi connectivity index (χ3v) is 4.62. The molecule has 2 aromatic rings. The van der Waals surface area contributed by atoms with Crippen LogP contribution in [0.15, 0.2) is 24.5 Å². The number of aryl methyl sites for hydroxylation is 1. The number of hydrogen-bond acceptors (Lipinski definition) is 3. The van der Waals surface area contributed by atoms with Crippen molar-refractivity contribution >= 4 is 17.4 Å². The second kappa shape index (κ2) is 4.31. The molecule has 5 nitrogen and oxygen atoms in total. The molecule has 5 heteroatoms. The first-order valence-corrected chi connectivity index (χ1v) is 7.22. The predicted molar refractivity (Wildman–Crippen MR) is 76.6 cm³/mol. The fourth-order valence-electron chi connectivity index (χ4n) is 3.58. The third-order valence-electron chi connectivity index (χ3n) is 4.62. The van der Waals surface area contributed by atoms with E-state index in [2.05, 4.69) is 15.6 Å². The SMILES string of the molecule is Cc1cccn2c(NC(=O)[C@@H]3C[C@@H]4CC[C@H]3N4)cnc12. The van der Waals surface area contributed by atoms with E-state index >= 15 is 0 Å². The van der Waals surface area contributed by atoms with Crippen LogP contribution >= 0.6 is 0 Å². The molecule has 4 rings (SSSR count). The Morgan fingerprint density at radius 3 is 3.15 bits per heavy atom. The van der Waals surface area contributed by atoms with Gasteiger partial charge in [0.15, 0.2) is 0 Å². The van der Waals surface area contributed by atoms with Crippen LogP contribution in [0.4, 0.5) is 5.82 Å². The molecule has 2 fully saturated rings. The van der Waals surface area contributed by atoms with Crippen molar-refractivity contribution in [3.63, 3.8) is 0 Å². The summed E-state index contributed by atoms with van der Waals surface area (Å²) >= 11 is 0. The largest absolute Gasteiger partial charge is 0.310 e. The van der Waals surface area contributed by atoms with E-state index in [0.717, 1.165) is 29.9 Å². The maximum Gasteiger partial charge on any atom is 0.230 e. The van der Waals surface area contributed by atoms with Crippen LogP contribution in [0.2, 0.25) is 0 Å². The van der Waals surface area contributed by atoms with Crippen molar-refractivity contribution in [2.75, 3.05) is 5.32 Å². The zero-order chi connectivity index (χ0) is 13.7. The topological polar surface area (TPSA) is 58.4 Å². The highest BCUT2D eigenvalue weighted by Crippen LogP contribution is 2.33. The van der Waals surface area contributed by atoms with Crippen molar-refractivity contribution < 1.29 is 4.79 Å². The van der Waals surface area contributed by atoms with E-state index < -0.39 is 0 Å². The summed E-state index contributed by atoms with van der Waals surface area (Å²) in [5, 5.41) is 6.54. The summed E-state index contributed by atoms with van der Waals surface area (Å²) in [7, 11) is 0. The molecule has 2 aliphatic rings. The van der Waals surface area contributed by atoms with Crippen molar-refractivity contribution in [1.29, 1.82) is 0 Å². The maximum atomic E-state index is 12.4. The third kappa shape index (κ3) is 1.73. The van der Waals surface area contributed by atoms with E-state index in [1.807, 2.05) is 29.7 Å². The van der Waals surface area contributed by atoms with Crippen molar-refractivity contribution in [3.8, 4) is 0 Å². The summed E-state index contributed by atoms with van der Waals surface area (Å²) in [5.74, 6) is 0.980. The van der Waals surface area contributed by atoms with Crippen LogP contribution < -0.4 is 10.6 Å². The van der Waals surface area contributed by atoms with Gasteiger partial charge in [0.1, 0.15) is 11.5 Å². The molecule has 0 aliphatic carbocycles. The first kappa shape index (κ1) is 11.9. The van der Waals surface area contributed by atoms with Gasteiger partial charge in [0.2, 0.25) is 5.91 Å². The van der Waals surface area contributed by atoms with Crippen molar-refractivity contribution in [2.24, 2.45) is 5.92 Å². The van der Waals surface area contributed by atoms with Gasteiger partial charge in [0.05, 0.1) is 12.1 Å². The fourth-order valence-corrected chi connectivity index (χ4v) is 3.58. The molecule has 104 valence electrons. The van der Waals surface area contributed by atoms with E-state index in [1.165, 1.54) is 6.42 Å². The van der Waals surface area contributed by atoms with Crippen LogP contribution in [0.3, 0.4) is 0 Å². The first-order chi connectivity index (χ1) is 9.72. The van der Waals surface area contributed by atoms with Gasteiger partial charge < -0.3 is 10.6 Å². The molecule has 2 N–H and O–H groups in total. The number of carbonyl (C=O) groups excluding carboxylic acids is 1. The Labute approximate surface area is 117 Å². The number of imidazole rings is 1. The number of aromatic nitrogens is 2.